The van der Waals surface area contributed by atoms with Crippen LogP contribution in [-0.2, 0) is 16.0 Å². The molecule has 1 aromatic heterocycles. The first-order valence-electron chi connectivity index (χ1n) is 3.23. The zero-order valence-corrected chi connectivity index (χ0v) is 6.93. The van der Waals surface area contributed by atoms with Gasteiger partial charge in [0.2, 0.25) is 0 Å². The molecule has 0 aromatic carbocycles. The molecule has 60 valence electrons. The lowest BCUT2D eigenvalue weighted by atomic mass is 10.5. The van der Waals surface area contributed by atoms with Gasteiger partial charge in [0.1, 0.15) is 10.5 Å². The Morgan fingerprint density at radius 3 is 3.18 bits per heavy atom. The van der Waals surface area contributed by atoms with E-state index in [-0.39, 0.29) is 12.4 Å². The Kier molecular flexibility index (Phi) is 2.97. The van der Waals surface area contributed by atoms with Gasteiger partial charge < -0.3 is 4.74 Å². The Labute approximate surface area is 68.2 Å². The Bertz CT molecular complexity index is 222. The highest BCUT2D eigenvalue weighted by molar-refractivity contribution is 7.09. The highest BCUT2D eigenvalue weighted by Gasteiger charge is 2.05. The molecule has 0 saturated carbocycles. The molecular weight excluding hydrogens is 164 g/mol. The van der Waals surface area contributed by atoms with E-state index in [0.717, 1.165) is 0 Å². The van der Waals surface area contributed by atoms with Crippen molar-refractivity contribution < 1.29 is 9.53 Å². The normalized spacial score (nSPS) is 9.55. The maximum Gasteiger partial charge on any atom is 0.312 e. The number of ether oxygens (including phenoxy) is 1. The minimum Gasteiger partial charge on any atom is -0.466 e. The summed E-state index contributed by atoms with van der Waals surface area (Å²) in [6.45, 7) is 2.19. The number of hydrogen-bond acceptors (Lipinski definition) is 5. The number of aromatic nitrogens is 2. The Morgan fingerprint density at radius 1 is 1.82 bits per heavy atom. The quantitative estimate of drug-likeness (QED) is 0.628. The molecule has 0 atom stereocenters. The molecule has 11 heavy (non-hydrogen) atoms. The average Bonchev–Trinajstić information content (AvgIpc) is 2.40. The van der Waals surface area contributed by atoms with Crippen molar-refractivity contribution >= 4 is 17.3 Å². The molecule has 0 aliphatic rings. The molecule has 0 unspecified atom stereocenters. The van der Waals surface area contributed by atoms with E-state index in [1.54, 1.807) is 12.4 Å². The second-order valence-electron chi connectivity index (χ2n) is 1.81. The third kappa shape index (κ3) is 2.63. The van der Waals surface area contributed by atoms with Crippen LogP contribution in [0.5, 0.6) is 0 Å². The van der Waals surface area contributed by atoms with E-state index in [9.17, 15) is 4.79 Å². The van der Waals surface area contributed by atoms with Crippen LogP contribution in [0, 0.1) is 0 Å². The number of carbonyl (C=O) groups is 1. The number of carbonyl (C=O) groups excluding carboxylic acids is 1. The fraction of sp³-hybridized carbons (Fsp3) is 0.500. The third-order valence-electron chi connectivity index (χ3n) is 1.01. The minimum atomic E-state index is -0.246. The molecule has 1 heterocycles. The monoisotopic (exact) mass is 172 g/mol. The summed E-state index contributed by atoms with van der Waals surface area (Å²) < 4.78 is 4.72. The SMILES string of the molecule is CCOC(=O)Cc1nncs1. The fourth-order valence-electron chi connectivity index (χ4n) is 0.608. The predicted octanol–water partition coefficient (Wildman–Crippen LogP) is 0.644. The molecule has 0 radical (unpaired) electrons. The Hall–Kier alpha value is -0.970. The summed E-state index contributed by atoms with van der Waals surface area (Å²) in [5, 5.41) is 8.00. The second kappa shape index (κ2) is 4.02. The van der Waals surface area contributed by atoms with Gasteiger partial charge in [-0.2, -0.15) is 0 Å². The van der Waals surface area contributed by atoms with Gasteiger partial charge in [0.15, 0.2) is 0 Å². The van der Waals surface area contributed by atoms with E-state index in [1.807, 2.05) is 0 Å². The summed E-state index contributed by atoms with van der Waals surface area (Å²) in [5.74, 6) is -0.246. The van der Waals surface area contributed by atoms with E-state index in [0.29, 0.717) is 11.6 Å². The topological polar surface area (TPSA) is 52.1 Å². The minimum absolute atomic E-state index is 0.235. The average molecular weight is 172 g/mol. The molecular formula is C6H8N2O2S. The molecule has 0 fully saturated rings. The van der Waals surface area contributed by atoms with Crippen LogP contribution < -0.4 is 0 Å². The van der Waals surface area contributed by atoms with Gasteiger partial charge in [-0.3, -0.25) is 4.79 Å². The van der Waals surface area contributed by atoms with Crippen LogP contribution in [0.1, 0.15) is 11.9 Å². The molecule has 0 bridgehead atoms. The van der Waals surface area contributed by atoms with Crippen molar-refractivity contribution in [3.05, 3.63) is 10.5 Å². The maximum atomic E-state index is 10.8. The van der Waals surface area contributed by atoms with E-state index in [4.69, 9.17) is 4.74 Å². The van der Waals surface area contributed by atoms with Crippen molar-refractivity contribution in [2.24, 2.45) is 0 Å². The molecule has 0 N–H and O–H groups in total. The smallest absolute Gasteiger partial charge is 0.312 e. The summed E-state index contributed by atoms with van der Waals surface area (Å²) in [6, 6.07) is 0. The van der Waals surface area contributed by atoms with Crippen LogP contribution in [0.2, 0.25) is 0 Å². The summed E-state index contributed by atoms with van der Waals surface area (Å²) in [5.41, 5.74) is 1.59. The van der Waals surface area contributed by atoms with Gasteiger partial charge in [-0.25, -0.2) is 0 Å². The van der Waals surface area contributed by atoms with E-state index >= 15 is 0 Å². The summed E-state index contributed by atoms with van der Waals surface area (Å²) in [4.78, 5) is 10.8. The first-order valence-corrected chi connectivity index (χ1v) is 4.11. The maximum absolute atomic E-state index is 10.8. The molecule has 0 saturated heterocycles. The number of nitrogens with zero attached hydrogens (tertiary/aromatic N) is 2. The summed E-state index contributed by atoms with van der Waals surface area (Å²) >= 11 is 1.35. The fourth-order valence-corrected chi connectivity index (χ4v) is 1.12. The molecule has 0 aliphatic carbocycles. The van der Waals surface area contributed by atoms with Crippen molar-refractivity contribution in [3.8, 4) is 0 Å². The third-order valence-corrected chi connectivity index (χ3v) is 1.70. The Morgan fingerprint density at radius 2 is 2.64 bits per heavy atom. The van der Waals surface area contributed by atoms with Crippen LogP contribution >= 0.6 is 11.3 Å². The van der Waals surface area contributed by atoms with Gasteiger partial charge in [0, 0.05) is 0 Å². The van der Waals surface area contributed by atoms with Crippen LogP contribution in [-0.4, -0.2) is 22.8 Å². The standard InChI is InChI=1S/C6H8N2O2S/c1-2-10-6(9)3-5-8-7-4-11-5/h4H,2-3H2,1H3. The summed E-state index contributed by atoms with van der Waals surface area (Å²) in [7, 11) is 0. The molecule has 0 amide bonds. The van der Waals surface area contributed by atoms with Gasteiger partial charge in [-0.1, -0.05) is 0 Å². The van der Waals surface area contributed by atoms with Crippen molar-refractivity contribution in [2.45, 2.75) is 13.3 Å². The predicted molar refractivity (Wildman–Crippen MR) is 40.2 cm³/mol. The lowest BCUT2D eigenvalue weighted by Crippen LogP contribution is -2.07. The van der Waals surface area contributed by atoms with Crippen molar-refractivity contribution in [1.29, 1.82) is 0 Å². The van der Waals surface area contributed by atoms with E-state index in [2.05, 4.69) is 10.2 Å². The van der Waals surface area contributed by atoms with Gasteiger partial charge in [-0.05, 0) is 6.92 Å². The van der Waals surface area contributed by atoms with Gasteiger partial charge in [-0.15, -0.1) is 21.5 Å². The zero-order valence-electron chi connectivity index (χ0n) is 6.11. The second-order valence-corrected chi connectivity index (χ2v) is 2.73. The van der Waals surface area contributed by atoms with Crippen molar-refractivity contribution in [2.75, 3.05) is 6.61 Å². The first-order chi connectivity index (χ1) is 5.33. The molecule has 4 nitrogen and oxygen atoms in total. The van der Waals surface area contributed by atoms with Gasteiger partial charge in [0.05, 0.1) is 13.0 Å². The Balaban J connectivity index is 2.37. The highest BCUT2D eigenvalue weighted by Crippen LogP contribution is 2.02. The molecule has 0 aliphatic heterocycles. The van der Waals surface area contributed by atoms with Gasteiger partial charge in [0.25, 0.3) is 0 Å². The molecule has 1 rings (SSSR count). The van der Waals surface area contributed by atoms with Crippen LogP contribution in [0.25, 0.3) is 0 Å². The first kappa shape index (κ1) is 8.13. The number of esters is 1. The molecule has 5 heteroatoms. The van der Waals surface area contributed by atoms with E-state index < -0.39 is 0 Å². The van der Waals surface area contributed by atoms with Crippen molar-refractivity contribution in [3.63, 3.8) is 0 Å². The summed E-state index contributed by atoms with van der Waals surface area (Å²) in [6.07, 6.45) is 0.235. The zero-order chi connectivity index (χ0) is 8.10. The largest absolute Gasteiger partial charge is 0.466 e. The van der Waals surface area contributed by atoms with E-state index in [1.165, 1.54) is 11.3 Å². The van der Waals surface area contributed by atoms with Crippen LogP contribution in [0.4, 0.5) is 0 Å². The highest BCUT2D eigenvalue weighted by atomic mass is 32.1. The van der Waals surface area contributed by atoms with Gasteiger partial charge >= 0.3 is 5.97 Å². The van der Waals surface area contributed by atoms with Crippen molar-refractivity contribution in [1.82, 2.24) is 10.2 Å². The van der Waals surface area contributed by atoms with Crippen LogP contribution in [0.3, 0.4) is 0 Å². The number of rotatable bonds is 3. The molecule has 1 aromatic rings. The number of hydrogen-bond donors (Lipinski definition) is 0. The lowest BCUT2D eigenvalue weighted by Gasteiger charge is -1.96. The molecule has 0 spiro atoms. The van der Waals surface area contributed by atoms with Crippen LogP contribution in [0.15, 0.2) is 5.51 Å². The lowest BCUT2D eigenvalue weighted by molar-refractivity contribution is -0.142.